The van der Waals surface area contributed by atoms with Crippen LogP contribution in [0.1, 0.15) is 12.0 Å². The number of rotatable bonds is 5. The fourth-order valence-electron chi connectivity index (χ4n) is 2.37. The van der Waals surface area contributed by atoms with Crippen molar-refractivity contribution in [1.29, 1.82) is 0 Å². The zero-order valence-electron chi connectivity index (χ0n) is 12.1. The van der Waals surface area contributed by atoms with Gasteiger partial charge in [-0.2, -0.15) is 0 Å². The lowest BCUT2D eigenvalue weighted by Gasteiger charge is -2.32. The number of nitrogens with one attached hydrogen (secondary N) is 1. The van der Waals surface area contributed by atoms with E-state index < -0.39 is 0 Å². The molecule has 1 amide bonds. The van der Waals surface area contributed by atoms with Crippen LogP contribution in [-0.4, -0.2) is 55.5 Å². The Morgan fingerprint density at radius 2 is 2.05 bits per heavy atom. The Balaban J connectivity index is 1.90. The predicted molar refractivity (Wildman–Crippen MR) is 81.5 cm³/mol. The molecule has 1 saturated heterocycles. The van der Waals surface area contributed by atoms with Gasteiger partial charge < -0.3 is 16.0 Å². The molecular formula is C15H24N4O. The zero-order chi connectivity index (χ0) is 14.4. The second-order valence-corrected chi connectivity index (χ2v) is 5.37. The Morgan fingerprint density at radius 1 is 1.30 bits per heavy atom. The molecule has 0 atom stereocenters. The Morgan fingerprint density at radius 3 is 2.75 bits per heavy atom. The van der Waals surface area contributed by atoms with Gasteiger partial charge in [0.1, 0.15) is 0 Å². The second-order valence-electron chi connectivity index (χ2n) is 5.37. The molecule has 0 aliphatic carbocycles. The maximum atomic E-state index is 11.5. The van der Waals surface area contributed by atoms with Crippen molar-refractivity contribution < 1.29 is 4.79 Å². The summed E-state index contributed by atoms with van der Waals surface area (Å²) in [5.74, 6) is -0.0238. The lowest BCUT2D eigenvalue weighted by molar-refractivity contribution is -0.116. The standard InChI is InChI=1S/C15H24N4O/c1-18-7-9-19(10-8-18)12-13-3-2-4-14(11-13)17-15(20)5-6-16/h2-4,11H,5-10,12,16H2,1H3,(H,17,20). The number of carbonyl (C=O) groups excluding carboxylic acids is 1. The highest BCUT2D eigenvalue weighted by Gasteiger charge is 2.13. The minimum atomic E-state index is -0.0238. The van der Waals surface area contributed by atoms with E-state index in [1.165, 1.54) is 5.56 Å². The van der Waals surface area contributed by atoms with Gasteiger partial charge in [0.05, 0.1) is 0 Å². The minimum Gasteiger partial charge on any atom is -0.330 e. The number of amides is 1. The Hall–Kier alpha value is -1.43. The molecule has 1 aromatic rings. The largest absolute Gasteiger partial charge is 0.330 e. The summed E-state index contributed by atoms with van der Waals surface area (Å²) in [5.41, 5.74) is 7.47. The number of hydrogen-bond donors (Lipinski definition) is 2. The summed E-state index contributed by atoms with van der Waals surface area (Å²) >= 11 is 0. The third-order valence-electron chi connectivity index (χ3n) is 3.58. The average molecular weight is 276 g/mol. The van der Waals surface area contributed by atoms with Crippen molar-refractivity contribution >= 4 is 11.6 Å². The van der Waals surface area contributed by atoms with Gasteiger partial charge in [-0.25, -0.2) is 0 Å². The third-order valence-corrected chi connectivity index (χ3v) is 3.58. The number of nitrogens with two attached hydrogens (primary N) is 1. The van der Waals surface area contributed by atoms with Crippen LogP contribution in [0.2, 0.25) is 0 Å². The molecule has 1 aliphatic heterocycles. The number of hydrogen-bond acceptors (Lipinski definition) is 4. The smallest absolute Gasteiger partial charge is 0.225 e. The summed E-state index contributed by atoms with van der Waals surface area (Å²) in [6.45, 7) is 5.75. The molecule has 1 fully saturated rings. The molecule has 1 heterocycles. The van der Waals surface area contributed by atoms with E-state index >= 15 is 0 Å². The van der Waals surface area contributed by atoms with Crippen molar-refractivity contribution in [2.45, 2.75) is 13.0 Å². The molecule has 0 spiro atoms. The van der Waals surface area contributed by atoms with Crippen molar-refractivity contribution in [2.75, 3.05) is 45.1 Å². The van der Waals surface area contributed by atoms with Crippen LogP contribution in [0.15, 0.2) is 24.3 Å². The van der Waals surface area contributed by atoms with E-state index in [0.29, 0.717) is 13.0 Å². The van der Waals surface area contributed by atoms with Gasteiger partial charge in [0.25, 0.3) is 0 Å². The maximum Gasteiger partial charge on any atom is 0.225 e. The van der Waals surface area contributed by atoms with E-state index in [4.69, 9.17) is 5.73 Å². The lowest BCUT2D eigenvalue weighted by Crippen LogP contribution is -2.43. The summed E-state index contributed by atoms with van der Waals surface area (Å²) in [5, 5.41) is 2.88. The summed E-state index contributed by atoms with van der Waals surface area (Å²) in [6, 6.07) is 8.06. The van der Waals surface area contributed by atoms with Crippen LogP contribution in [-0.2, 0) is 11.3 Å². The van der Waals surface area contributed by atoms with Crippen LogP contribution >= 0.6 is 0 Å². The fraction of sp³-hybridized carbons (Fsp3) is 0.533. The highest BCUT2D eigenvalue weighted by Crippen LogP contribution is 2.14. The predicted octanol–water partition coefficient (Wildman–Crippen LogP) is 0.721. The van der Waals surface area contributed by atoms with E-state index in [0.717, 1.165) is 38.4 Å². The van der Waals surface area contributed by atoms with Crippen molar-refractivity contribution in [2.24, 2.45) is 5.73 Å². The SMILES string of the molecule is CN1CCN(Cc2cccc(NC(=O)CCN)c2)CC1. The number of benzene rings is 1. The number of piperazine rings is 1. The number of likely N-dealkylation sites (N-methyl/N-ethyl adjacent to an activating group) is 1. The minimum absolute atomic E-state index is 0.0238. The Kier molecular flexibility index (Phi) is 5.52. The van der Waals surface area contributed by atoms with Gasteiger partial charge in [-0.05, 0) is 24.7 Å². The molecule has 1 aromatic carbocycles. The maximum absolute atomic E-state index is 11.5. The number of carbonyl (C=O) groups is 1. The van der Waals surface area contributed by atoms with Gasteiger partial charge in [0.15, 0.2) is 0 Å². The van der Waals surface area contributed by atoms with Gasteiger partial charge in [0, 0.05) is 51.4 Å². The van der Waals surface area contributed by atoms with Crippen LogP contribution in [0.3, 0.4) is 0 Å². The molecule has 0 aromatic heterocycles. The molecule has 3 N–H and O–H groups in total. The summed E-state index contributed by atoms with van der Waals surface area (Å²) < 4.78 is 0. The van der Waals surface area contributed by atoms with Crippen molar-refractivity contribution in [3.63, 3.8) is 0 Å². The Bertz CT molecular complexity index is 441. The van der Waals surface area contributed by atoms with E-state index in [9.17, 15) is 4.79 Å². The van der Waals surface area contributed by atoms with Crippen molar-refractivity contribution in [3.05, 3.63) is 29.8 Å². The first-order chi connectivity index (χ1) is 9.67. The first-order valence-electron chi connectivity index (χ1n) is 7.17. The van der Waals surface area contributed by atoms with E-state index in [2.05, 4.69) is 28.2 Å². The monoisotopic (exact) mass is 276 g/mol. The van der Waals surface area contributed by atoms with Crippen LogP contribution in [0.4, 0.5) is 5.69 Å². The lowest BCUT2D eigenvalue weighted by atomic mass is 10.1. The third kappa shape index (κ3) is 4.59. The zero-order valence-corrected chi connectivity index (χ0v) is 12.1. The van der Waals surface area contributed by atoms with Crippen LogP contribution in [0, 0.1) is 0 Å². The molecule has 0 bridgehead atoms. The number of anilines is 1. The van der Waals surface area contributed by atoms with Crippen LogP contribution in [0.25, 0.3) is 0 Å². The van der Waals surface area contributed by atoms with E-state index in [1.807, 2.05) is 18.2 Å². The van der Waals surface area contributed by atoms with Crippen molar-refractivity contribution in [1.82, 2.24) is 9.80 Å². The molecule has 0 radical (unpaired) electrons. The summed E-state index contributed by atoms with van der Waals surface area (Å²) in [4.78, 5) is 16.3. The average Bonchev–Trinajstić information content (AvgIpc) is 2.42. The van der Waals surface area contributed by atoms with Gasteiger partial charge in [-0.3, -0.25) is 9.69 Å². The number of nitrogens with zero attached hydrogens (tertiary/aromatic N) is 2. The molecular weight excluding hydrogens is 252 g/mol. The highest BCUT2D eigenvalue weighted by atomic mass is 16.1. The topological polar surface area (TPSA) is 61.6 Å². The molecule has 0 saturated carbocycles. The first-order valence-corrected chi connectivity index (χ1v) is 7.17. The molecule has 110 valence electrons. The summed E-state index contributed by atoms with van der Waals surface area (Å²) in [7, 11) is 2.16. The summed E-state index contributed by atoms with van der Waals surface area (Å²) in [6.07, 6.45) is 0.364. The molecule has 0 unspecified atom stereocenters. The normalized spacial score (nSPS) is 17.1. The fourth-order valence-corrected chi connectivity index (χ4v) is 2.37. The highest BCUT2D eigenvalue weighted by molar-refractivity contribution is 5.90. The van der Waals surface area contributed by atoms with Gasteiger partial charge >= 0.3 is 0 Å². The van der Waals surface area contributed by atoms with Crippen molar-refractivity contribution in [3.8, 4) is 0 Å². The van der Waals surface area contributed by atoms with Crippen LogP contribution in [0.5, 0.6) is 0 Å². The molecule has 20 heavy (non-hydrogen) atoms. The quantitative estimate of drug-likeness (QED) is 0.832. The van der Waals surface area contributed by atoms with E-state index in [1.54, 1.807) is 0 Å². The Labute approximate surface area is 120 Å². The van der Waals surface area contributed by atoms with Gasteiger partial charge in [-0.1, -0.05) is 12.1 Å². The first kappa shape index (κ1) is 15.0. The van der Waals surface area contributed by atoms with Gasteiger partial charge in [-0.15, -0.1) is 0 Å². The van der Waals surface area contributed by atoms with E-state index in [-0.39, 0.29) is 5.91 Å². The van der Waals surface area contributed by atoms with Crippen LogP contribution < -0.4 is 11.1 Å². The molecule has 2 rings (SSSR count). The molecule has 1 aliphatic rings. The van der Waals surface area contributed by atoms with Gasteiger partial charge in [0.2, 0.25) is 5.91 Å². The second kappa shape index (κ2) is 7.38. The molecule has 5 nitrogen and oxygen atoms in total. The molecule has 5 heteroatoms.